The lowest BCUT2D eigenvalue weighted by atomic mass is 10.2. The highest BCUT2D eigenvalue weighted by molar-refractivity contribution is 5.69. The largest absolute Gasteiger partial charge is 0.466 e. The summed E-state index contributed by atoms with van der Waals surface area (Å²) in [5.41, 5.74) is 6.45. The molecule has 3 nitrogen and oxygen atoms in total. The predicted molar refractivity (Wildman–Crippen MR) is 57.7 cm³/mol. The third kappa shape index (κ3) is 7.65. The quantitative estimate of drug-likeness (QED) is 0.506. The van der Waals surface area contributed by atoms with E-state index in [0.29, 0.717) is 13.0 Å². The molecule has 0 fully saturated rings. The summed E-state index contributed by atoms with van der Waals surface area (Å²) in [5.74, 6) is -0.0918. The summed E-state index contributed by atoms with van der Waals surface area (Å²) in [6.45, 7) is 4.44. The first-order chi connectivity index (χ1) is 6.70. The second kappa shape index (κ2) is 8.60. The Labute approximate surface area is 86.3 Å². The van der Waals surface area contributed by atoms with E-state index in [1.165, 1.54) is 0 Å². The monoisotopic (exact) mass is 199 g/mol. The Balaban J connectivity index is 3.31. The van der Waals surface area contributed by atoms with Gasteiger partial charge in [0.25, 0.3) is 0 Å². The molecule has 0 atom stereocenters. The van der Waals surface area contributed by atoms with Gasteiger partial charge in [-0.15, -0.1) is 0 Å². The van der Waals surface area contributed by atoms with Crippen molar-refractivity contribution in [1.82, 2.24) is 0 Å². The minimum Gasteiger partial charge on any atom is -0.466 e. The fourth-order valence-electron chi connectivity index (χ4n) is 1.000. The van der Waals surface area contributed by atoms with Gasteiger partial charge in [0, 0.05) is 12.1 Å². The second-order valence-corrected chi connectivity index (χ2v) is 3.29. The van der Waals surface area contributed by atoms with Crippen LogP contribution in [-0.4, -0.2) is 12.6 Å². The van der Waals surface area contributed by atoms with E-state index in [2.05, 4.69) is 6.92 Å². The van der Waals surface area contributed by atoms with Crippen LogP contribution in [0.15, 0.2) is 11.8 Å². The maximum atomic E-state index is 11.0. The smallest absolute Gasteiger partial charge is 0.305 e. The van der Waals surface area contributed by atoms with Gasteiger partial charge >= 0.3 is 5.97 Å². The number of carbonyl (C=O) groups is 1. The SMILES string of the molecule is C/C=C(/N)CCCOC(=O)CCCC. The Kier molecular flexibility index (Phi) is 7.99. The molecule has 0 aromatic carbocycles. The fourth-order valence-corrected chi connectivity index (χ4v) is 1.000. The molecule has 82 valence electrons. The highest BCUT2D eigenvalue weighted by atomic mass is 16.5. The molecule has 3 heteroatoms. The van der Waals surface area contributed by atoms with Gasteiger partial charge < -0.3 is 10.5 Å². The summed E-state index contributed by atoms with van der Waals surface area (Å²) >= 11 is 0. The van der Waals surface area contributed by atoms with Crippen LogP contribution in [-0.2, 0) is 9.53 Å². The van der Waals surface area contributed by atoms with E-state index in [0.717, 1.165) is 31.4 Å². The topological polar surface area (TPSA) is 52.3 Å². The molecule has 0 bridgehead atoms. The van der Waals surface area contributed by atoms with Crippen molar-refractivity contribution in [3.63, 3.8) is 0 Å². The highest BCUT2D eigenvalue weighted by Crippen LogP contribution is 2.00. The number of esters is 1. The van der Waals surface area contributed by atoms with Crippen molar-refractivity contribution < 1.29 is 9.53 Å². The molecule has 0 unspecified atom stereocenters. The van der Waals surface area contributed by atoms with Crippen LogP contribution in [0, 0.1) is 0 Å². The van der Waals surface area contributed by atoms with Crippen molar-refractivity contribution in [2.24, 2.45) is 5.73 Å². The number of rotatable bonds is 7. The Morgan fingerprint density at radius 3 is 2.64 bits per heavy atom. The first kappa shape index (κ1) is 13.0. The summed E-state index contributed by atoms with van der Waals surface area (Å²) in [6.07, 6.45) is 5.97. The Morgan fingerprint density at radius 1 is 1.36 bits per heavy atom. The third-order valence-corrected chi connectivity index (χ3v) is 1.98. The molecular formula is C11H21NO2. The molecule has 2 N–H and O–H groups in total. The first-order valence-corrected chi connectivity index (χ1v) is 5.27. The number of hydrogen-bond acceptors (Lipinski definition) is 3. The highest BCUT2D eigenvalue weighted by Gasteiger charge is 2.00. The average molecular weight is 199 g/mol. The molecule has 0 aliphatic carbocycles. The Morgan fingerprint density at radius 2 is 2.07 bits per heavy atom. The van der Waals surface area contributed by atoms with E-state index in [9.17, 15) is 4.79 Å². The van der Waals surface area contributed by atoms with Crippen molar-refractivity contribution in [3.05, 3.63) is 11.8 Å². The van der Waals surface area contributed by atoms with E-state index >= 15 is 0 Å². The molecule has 0 spiro atoms. The number of carbonyl (C=O) groups excluding carboxylic acids is 1. The number of allylic oxidation sites excluding steroid dienone is 2. The minimum absolute atomic E-state index is 0.0918. The van der Waals surface area contributed by atoms with Gasteiger partial charge in [-0.25, -0.2) is 0 Å². The van der Waals surface area contributed by atoms with Gasteiger partial charge in [-0.05, 0) is 26.2 Å². The van der Waals surface area contributed by atoms with Gasteiger partial charge in [0.2, 0.25) is 0 Å². The van der Waals surface area contributed by atoms with Crippen LogP contribution < -0.4 is 5.73 Å². The zero-order valence-electron chi connectivity index (χ0n) is 9.21. The van der Waals surface area contributed by atoms with Crippen molar-refractivity contribution in [2.45, 2.75) is 46.0 Å². The first-order valence-electron chi connectivity index (χ1n) is 5.27. The molecule has 0 saturated carbocycles. The van der Waals surface area contributed by atoms with Gasteiger partial charge in [-0.3, -0.25) is 4.79 Å². The van der Waals surface area contributed by atoms with Crippen molar-refractivity contribution in [3.8, 4) is 0 Å². The molecule has 14 heavy (non-hydrogen) atoms. The molecule has 0 rings (SSSR count). The normalized spacial score (nSPS) is 11.4. The lowest BCUT2D eigenvalue weighted by molar-refractivity contribution is -0.143. The molecule has 0 aliphatic heterocycles. The predicted octanol–water partition coefficient (Wildman–Crippen LogP) is 2.36. The Hall–Kier alpha value is -0.990. The van der Waals surface area contributed by atoms with Crippen LogP contribution in [0.4, 0.5) is 0 Å². The summed E-state index contributed by atoms with van der Waals surface area (Å²) in [7, 11) is 0. The van der Waals surface area contributed by atoms with Crippen molar-refractivity contribution >= 4 is 5.97 Å². The maximum absolute atomic E-state index is 11.0. The third-order valence-electron chi connectivity index (χ3n) is 1.98. The lowest BCUT2D eigenvalue weighted by Crippen LogP contribution is -2.06. The molecule has 0 radical (unpaired) electrons. The van der Waals surface area contributed by atoms with E-state index in [-0.39, 0.29) is 5.97 Å². The summed E-state index contributed by atoms with van der Waals surface area (Å²) in [6, 6.07) is 0. The van der Waals surface area contributed by atoms with Gasteiger partial charge in [-0.2, -0.15) is 0 Å². The zero-order chi connectivity index (χ0) is 10.8. The average Bonchev–Trinajstić information content (AvgIpc) is 2.21. The van der Waals surface area contributed by atoms with Crippen LogP contribution >= 0.6 is 0 Å². The standard InChI is InChI=1S/C11H21NO2/c1-3-5-8-11(13)14-9-6-7-10(12)4-2/h4H,3,5-9,12H2,1-2H3/b10-4+. The summed E-state index contributed by atoms with van der Waals surface area (Å²) in [5, 5.41) is 0. The van der Waals surface area contributed by atoms with Crippen molar-refractivity contribution in [2.75, 3.05) is 6.61 Å². The van der Waals surface area contributed by atoms with Crippen LogP contribution in [0.1, 0.15) is 46.0 Å². The van der Waals surface area contributed by atoms with Gasteiger partial charge in [0.15, 0.2) is 0 Å². The van der Waals surface area contributed by atoms with E-state index in [1.54, 1.807) is 0 Å². The lowest BCUT2D eigenvalue weighted by Gasteiger charge is -2.04. The van der Waals surface area contributed by atoms with Crippen molar-refractivity contribution in [1.29, 1.82) is 0 Å². The number of nitrogens with two attached hydrogens (primary N) is 1. The van der Waals surface area contributed by atoms with Crippen LogP contribution in [0.2, 0.25) is 0 Å². The van der Waals surface area contributed by atoms with Gasteiger partial charge in [0.1, 0.15) is 0 Å². The number of unbranched alkanes of at least 4 members (excludes halogenated alkanes) is 1. The second-order valence-electron chi connectivity index (χ2n) is 3.29. The van der Waals surface area contributed by atoms with Crippen LogP contribution in [0.5, 0.6) is 0 Å². The number of ether oxygens (including phenoxy) is 1. The molecule has 0 heterocycles. The van der Waals surface area contributed by atoms with Crippen LogP contribution in [0.25, 0.3) is 0 Å². The molecule has 0 aliphatic rings. The van der Waals surface area contributed by atoms with Gasteiger partial charge in [-0.1, -0.05) is 19.4 Å². The Bertz CT molecular complexity index is 188. The molecule has 0 aromatic heterocycles. The molecule has 0 aromatic rings. The van der Waals surface area contributed by atoms with Crippen LogP contribution in [0.3, 0.4) is 0 Å². The van der Waals surface area contributed by atoms with Gasteiger partial charge in [0.05, 0.1) is 6.61 Å². The maximum Gasteiger partial charge on any atom is 0.305 e. The number of hydrogen-bond donors (Lipinski definition) is 1. The minimum atomic E-state index is -0.0918. The molecular weight excluding hydrogens is 178 g/mol. The van der Waals surface area contributed by atoms with E-state index < -0.39 is 0 Å². The fraction of sp³-hybridized carbons (Fsp3) is 0.727. The molecule has 0 saturated heterocycles. The van der Waals surface area contributed by atoms with E-state index in [4.69, 9.17) is 10.5 Å². The van der Waals surface area contributed by atoms with E-state index in [1.807, 2.05) is 13.0 Å². The molecule has 0 amide bonds. The zero-order valence-corrected chi connectivity index (χ0v) is 9.21. The summed E-state index contributed by atoms with van der Waals surface area (Å²) < 4.78 is 5.02. The summed E-state index contributed by atoms with van der Waals surface area (Å²) in [4.78, 5) is 11.0.